The van der Waals surface area contributed by atoms with Gasteiger partial charge in [0.05, 0.1) is 18.9 Å². The zero-order chi connectivity index (χ0) is 24.5. The Hall–Kier alpha value is -3.83. The molecule has 2 aromatic carbocycles. The summed E-state index contributed by atoms with van der Waals surface area (Å²) >= 11 is 6.08. The molecule has 0 aliphatic rings. The Balaban J connectivity index is 1.83. The molecule has 0 radical (unpaired) electrons. The molecule has 1 unspecified atom stereocenters. The number of carbonyl (C=O) groups is 1. The SMILES string of the molecule is C#Cc1ccc(OC)c(C(=O)NC(CCCNC(=N)CF)c2ncc(-c3cccc(Cl)c3)o2)c1. The Bertz CT molecular complexity index is 1200. The number of methoxy groups -OCH3 is 1. The monoisotopic (exact) mass is 482 g/mol. The quantitative estimate of drug-likeness (QED) is 0.167. The van der Waals surface area contributed by atoms with Crippen LogP contribution in [0.15, 0.2) is 53.1 Å². The highest BCUT2D eigenvalue weighted by Gasteiger charge is 2.23. The van der Waals surface area contributed by atoms with E-state index in [9.17, 15) is 9.18 Å². The number of oxazole rings is 1. The molecule has 176 valence electrons. The Kier molecular flexibility index (Phi) is 8.66. The number of nitrogens with one attached hydrogen (secondary N) is 3. The van der Waals surface area contributed by atoms with Crippen molar-refractivity contribution in [2.24, 2.45) is 0 Å². The molecule has 0 saturated carbocycles. The van der Waals surface area contributed by atoms with Crippen molar-refractivity contribution in [1.29, 1.82) is 5.41 Å². The Morgan fingerprint density at radius 2 is 2.18 bits per heavy atom. The van der Waals surface area contributed by atoms with Crippen molar-refractivity contribution in [2.45, 2.75) is 18.9 Å². The number of ether oxygens (including phenoxy) is 1. The maximum absolute atomic E-state index is 13.1. The second-order valence-electron chi connectivity index (χ2n) is 7.34. The lowest BCUT2D eigenvalue weighted by Crippen LogP contribution is -2.31. The minimum Gasteiger partial charge on any atom is -0.496 e. The molecule has 0 bridgehead atoms. The number of carbonyl (C=O) groups excluding carboxylic acids is 1. The second-order valence-corrected chi connectivity index (χ2v) is 7.78. The van der Waals surface area contributed by atoms with Gasteiger partial charge in [-0.25, -0.2) is 9.37 Å². The van der Waals surface area contributed by atoms with Gasteiger partial charge in [0.15, 0.2) is 5.76 Å². The minimum absolute atomic E-state index is 0.198. The summed E-state index contributed by atoms with van der Waals surface area (Å²) in [4.78, 5) is 17.5. The van der Waals surface area contributed by atoms with Crippen LogP contribution in [-0.4, -0.2) is 37.1 Å². The Morgan fingerprint density at radius 3 is 2.88 bits per heavy atom. The van der Waals surface area contributed by atoms with Gasteiger partial charge in [-0.1, -0.05) is 29.7 Å². The summed E-state index contributed by atoms with van der Waals surface area (Å²) in [5.74, 6) is 3.07. The van der Waals surface area contributed by atoms with Crippen molar-refractivity contribution in [2.75, 3.05) is 20.3 Å². The highest BCUT2D eigenvalue weighted by Crippen LogP contribution is 2.28. The van der Waals surface area contributed by atoms with E-state index < -0.39 is 18.6 Å². The van der Waals surface area contributed by atoms with Gasteiger partial charge < -0.3 is 19.8 Å². The topological polar surface area (TPSA) is 100 Å². The molecular formula is C25H24ClFN4O3. The van der Waals surface area contributed by atoms with Crippen LogP contribution in [0.1, 0.15) is 40.7 Å². The van der Waals surface area contributed by atoms with Crippen molar-refractivity contribution in [1.82, 2.24) is 15.6 Å². The summed E-state index contributed by atoms with van der Waals surface area (Å²) in [5.41, 5.74) is 1.57. The molecule has 9 heteroatoms. The van der Waals surface area contributed by atoms with Crippen LogP contribution in [0.2, 0.25) is 5.02 Å². The first-order valence-electron chi connectivity index (χ1n) is 10.5. The number of halogens is 2. The van der Waals surface area contributed by atoms with E-state index in [2.05, 4.69) is 21.5 Å². The number of terminal acetylenes is 1. The Morgan fingerprint density at radius 1 is 1.35 bits per heavy atom. The number of rotatable bonds is 10. The molecule has 1 aromatic heterocycles. The number of amidine groups is 1. The zero-order valence-corrected chi connectivity index (χ0v) is 19.3. The summed E-state index contributed by atoms with van der Waals surface area (Å²) in [6.45, 7) is -0.513. The van der Waals surface area contributed by atoms with Gasteiger partial charge in [0.1, 0.15) is 24.3 Å². The maximum Gasteiger partial charge on any atom is 0.255 e. The average molecular weight is 483 g/mol. The van der Waals surface area contributed by atoms with E-state index in [0.29, 0.717) is 47.4 Å². The van der Waals surface area contributed by atoms with Crippen LogP contribution in [0.5, 0.6) is 5.75 Å². The Labute approximate surface area is 202 Å². The van der Waals surface area contributed by atoms with Crippen molar-refractivity contribution in [3.05, 3.63) is 70.7 Å². The van der Waals surface area contributed by atoms with E-state index in [1.807, 2.05) is 6.07 Å². The van der Waals surface area contributed by atoms with Gasteiger partial charge in [-0.2, -0.15) is 0 Å². The van der Waals surface area contributed by atoms with E-state index in [4.69, 9.17) is 32.6 Å². The van der Waals surface area contributed by atoms with Crippen LogP contribution in [0.4, 0.5) is 4.39 Å². The van der Waals surface area contributed by atoms with Crippen LogP contribution < -0.4 is 15.4 Å². The van der Waals surface area contributed by atoms with E-state index in [-0.39, 0.29) is 11.4 Å². The van der Waals surface area contributed by atoms with Crippen LogP contribution >= 0.6 is 11.6 Å². The van der Waals surface area contributed by atoms with Crippen LogP contribution in [-0.2, 0) is 0 Å². The summed E-state index contributed by atoms with van der Waals surface area (Å²) < 4.78 is 23.8. The number of hydrogen-bond donors (Lipinski definition) is 3. The van der Waals surface area contributed by atoms with Gasteiger partial charge in [0, 0.05) is 22.7 Å². The van der Waals surface area contributed by atoms with E-state index in [1.54, 1.807) is 42.6 Å². The van der Waals surface area contributed by atoms with Crippen LogP contribution in [0.25, 0.3) is 11.3 Å². The van der Waals surface area contributed by atoms with E-state index in [1.165, 1.54) is 7.11 Å². The first kappa shape index (κ1) is 24.8. The highest BCUT2D eigenvalue weighted by atomic mass is 35.5. The lowest BCUT2D eigenvalue weighted by Gasteiger charge is -2.17. The fourth-order valence-corrected chi connectivity index (χ4v) is 3.48. The van der Waals surface area contributed by atoms with E-state index in [0.717, 1.165) is 5.56 Å². The molecule has 3 N–H and O–H groups in total. The third-order valence-corrected chi connectivity index (χ3v) is 5.22. The largest absolute Gasteiger partial charge is 0.496 e. The van der Waals surface area contributed by atoms with Crippen molar-refractivity contribution < 1.29 is 18.3 Å². The zero-order valence-electron chi connectivity index (χ0n) is 18.5. The van der Waals surface area contributed by atoms with Gasteiger partial charge in [0.25, 0.3) is 5.91 Å². The standard InChI is InChI=1S/C25H24ClFN4O3/c1-3-16-9-10-21(33-2)19(12-16)24(32)31-20(8-5-11-29-23(28)14-27)25-30-15-22(34-25)17-6-4-7-18(26)13-17/h1,4,6-7,9-10,12-13,15,20H,5,8,11,14H2,2H3,(H2,28,29)(H,31,32). The van der Waals surface area contributed by atoms with Crippen molar-refractivity contribution in [3.63, 3.8) is 0 Å². The molecule has 0 fully saturated rings. The summed E-state index contributed by atoms with van der Waals surface area (Å²) in [6.07, 6.45) is 7.99. The molecular weight excluding hydrogens is 459 g/mol. The average Bonchev–Trinajstić information content (AvgIpc) is 3.35. The molecule has 1 amide bonds. The number of nitrogens with zero attached hydrogens (tertiary/aromatic N) is 1. The normalized spacial score (nSPS) is 11.4. The predicted octanol–water partition coefficient (Wildman–Crippen LogP) is 4.77. The molecule has 0 spiro atoms. The van der Waals surface area contributed by atoms with Gasteiger partial charge in [0.2, 0.25) is 5.89 Å². The van der Waals surface area contributed by atoms with Gasteiger partial charge >= 0.3 is 0 Å². The predicted molar refractivity (Wildman–Crippen MR) is 129 cm³/mol. The molecule has 3 aromatic rings. The fraction of sp³-hybridized carbons (Fsp3) is 0.240. The van der Waals surface area contributed by atoms with Crippen molar-refractivity contribution in [3.8, 4) is 29.4 Å². The van der Waals surface area contributed by atoms with Crippen LogP contribution in [0.3, 0.4) is 0 Å². The maximum atomic E-state index is 13.1. The number of benzene rings is 2. The first-order valence-corrected chi connectivity index (χ1v) is 10.9. The third kappa shape index (κ3) is 6.36. The summed E-state index contributed by atoms with van der Waals surface area (Å²) in [7, 11) is 1.47. The number of amides is 1. The minimum atomic E-state index is -0.867. The molecule has 7 nitrogen and oxygen atoms in total. The van der Waals surface area contributed by atoms with Crippen LogP contribution in [0, 0.1) is 17.8 Å². The summed E-state index contributed by atoms with van der Waals surface area (Å²) in [6, 6.07) is 11.4. The smallest absolute Gasteiger partial charge is 0.255 e. The number of aromatic nitrogens is 1. The van der Waals surface area contributed by atoms with Gasteiger partial charge in [-0.3, -0.25) is 10.2 Å². The summed E-state index contributed by atoms with van der Waals surface area (Å²) in [5, 5.41) is 13.6. The molecule has 0 aliphatic carbocycles. The molecule has 0 aliphatic heterocycles. The van der Waals surface area contributed by atoms with Crippen molar-refractivity contribution >= 4 is 23.3 Å². The van der Waals surface area contributed by atoms with Gasteiger partial charge in [-0.15, -0.1) is 6.42 Å². The lowest BCUT2D eigenvalue weighted by atomic mass is 10.1. The van der Waals surface area contributed by atoms with Gasteiger partial charge in [-0.05, 0) is 43.2 Å². The molecule has 34 heavy (non-hydrogen) atoms. The van der Waals surface area contributed by atoms with E-state index >= 15 is 0 Å². The second kappa shape index (κ2) is 11.9. The molecule has 0 saturated heterocycles. The fourth-order valence-electron chi connectivity index (χ4n) is 3.29. The highest BCUT2D eigenvalue weighted by molar-refractivity contribution is 6.30. The molecule has 1 atom stereocenters. The first-order chi connectivity index (χ1) is 16.4. The number of hydrogen-bond acceptors (Lipinski definition) is 5. The lowest BCUT2D eigenvalue weighted by molar-refractivity contribution is 0.0924. The molecule has 3 rings (SSSR count). The number of alkyl halides is 1. The third-order valence-electron chi connectivity index (χ3n) is 4.99. The molecule has 1 heterocycles.